The van der Waals surface area contributed by atoms with Crippen LogP contribution in [0.1, 0.15) is 5.56 Å². The van der Waals surface area contributed by atoms with E-state index in [1.54, 1.807) is 10.6 Å². The molecule has 1 rings (SSSR count). The van der Waals surface area contributed by atoms with Gasteiger partial charge in [0, 0.05) is 13.2 Å². The Kier molecular flexibility index (Phi) is 1.76. The van der Waals surface area contributed by atoms with Crippen molar-refractivity contribution in [2.45, 2.75) is 6.92 Å². The minimum Gasteiger partial charge on any atom is -0.505 e. The molecule has 0 atom stereocenters. The van der Waals surface area contributed by atoms with Crippen LogP contribution in [0.4, 0.5) is 0 Å². The second-order valence-corrected chi connectivity index (χ2v) is 2.71. The first kappa shape index (κ1) is 7.28. The van der Waals surface area contributed by atoms with E-state index in [-0.39, 0.29) is 5.75 Å². The number of aromatic hydroxyl groups is 1. The first-order chi connectivity index (χ1) is 4.61. The summed E-state index contributed by atoms with van der Waals surface area (Å²) < 4.78 is 2.20. The third-order valence-corrected chi connectivity index (χ3v) is 1.80. The molecule has 0 aliphatic rings. The van der Waals surface area contributed by atoms with Crippen molar-refractivity contribution in [3.05, 3.63) is 22.5 Å². The van der Waals surface area contributed by atoms with Crippen LogP contribution in [0.15, 0.2) is 12.3 Å². The van der Waals surface area contributed by atoms with Crippen molar-refractivity contribution in [3.8, 4) is 5.75 Å². The molecule has 0 saturated carbocycles. The fourth-order valence-electron chi connectivity index (χ4n) is 0.859. The molecule has 0 fully saturated rings. The van der Waals surface area contributed by atoms with E-state index < -0.39 is 0 Å². The van der Waals surface area contributed by atoms with Crippen LogP contribution >= 0.6 is 12.2 Å². The lowest BCUT2D eigenvalue weighted by Crippen LogP contribution is -1.92. The zero-order valence-corrected chi connectivity index (χ0v) is 6.77. The van der Waals surface area contributed by atoms with Gasteiger partial charge in [0.15, 0.2) is 5.75 Å². The molecule has 2 nitrogen and oxygen atoms in total. The monoisotopic (exact) mass is 155 g/mol. The molecule has 10 heavy (non-hydrogen) atoms. The average molecular weight is 155 g/mol. The van der Waals surface area contributed by atoms with Gasteiger partial charge in [-0.3, -0.25) is 0 Å². The zero-order chi connectivity index (χ0) is 7.72. The lowest BCUT2D eigenvalue weighted by Gasteiger charge is -2.01. The van der Waals surface area contributed by atoms with Crippen LogP contribution in [0.3, 0.4) is 0 Å². The predicted octanol–water partition coefficient (Wildman–Crippen LogP) is 1.77. The van der Waals surface area contributed by atoms with Gasteiger partial charge in [-0.2, -0.15) is 0 Å². The van der Waals surface area contributed by atoms with Gasteiger partial charge in [0.25, 0.3) is 0 Å². The molecule has 54 valence electrons. The molecule has 0 unspecified atom stereocenters. The highest BCUT2D eigenvalue weighted by molar-refractivity contribution is 7.71. The molecule has 0 radical (unpaired) electrons. The summed E-state index contributed by atoms with van der Waals surface area (Å²) in [6.07, 6.45) is 1.88. The van der Waals surface area contributed by atoms with Crippen LogP contribution in [0.25, 0.3) is 0 Å². The molecule has 0 saturated heterocycles. The highest BCUT2D eigenvalue weighted by atomic mass is 32.1. The van der Waals surface area contributed by atoms with E-state index in [0.717, 1.165) is 5.56 Å². The molecule has 0 aliphatic carbocycles. The fraction of sp³-hybridized carbons (Fsp3) is 0.286. The minimum atomic E-state index is 0.178. The van der Waals surface area contributed by atoms with E-state index >= 15 is 0 Å². The third-order valence-electron chi connectivity index (χ3n) is 1.30. The largest absolute Gasteiger partial charge is 0.505 e. The molecule has 1 N–H and O–H groups in total. The minimum absolute atomic E-state index is 0.178. The highest BCUT2D eigenvalue weighted by Gasteiger charge is 1.93. The first-order valence-electron chi connectivity index (χ1n) is 2.97. The Morgan fingerprint density at radius 3 is 2.70 bits per heavy atom. The van der Waals surface area contributed by atoms with Crippen LogP contribution in [-0.4, -0.2) is 9.67 Å². The predicted molar refractivity (Wildman–Crippen MR) is 42.6 cm³/mol. The number of aryl methyl sites for hydroxylation is 2. The normalized spacial score (nSPS) is 9.80. The summed E-state index contributed by atoms with van der Waals surface area (Å²) in [5.74, 6) is 0.178. The van der Waals surface area contributed by atoms with Gasteiger partial charge >= 0.3 is 0 Å². The van der Waals surface area contributed by atoms with Crippen LogP contribution in [0, 0.1) is 11.6 Å². The summed E-state index contributed by atoms with van der Waals surface area (Å²) in [6, 6.07) is 1.66. The van der Waals surface area contributed by atoms with Crippen LogP contribution in [0.2, 0.25) is 0 Å². The number of pyridine rings is 1. The van der Waals surface area contributed by atoms with Crippen molar-refractivity contribution < 1.29 is 5.11 Å². The van der Waals surface area contributed by atoms with Gasteiger partial charge in [0.05, 0.1) is 0 Å². The Bertz CT molecular complexity index is 277. The van der Waals surface area contributed by atoms with Crippen LogP contribution in [0.5, 0.6) is 5.75 Å². The molecule has 0 aliphatic heterocycles. The maximum absolute atomic E-state index is 9.16. The van der Waals surface area contributed by atoms with Gasteiger partial charge in [-0.25, -0.2) is 0 Å². The molecule has 1 aromatic rings. The number of aromatic nitrogens is 1. The third kappa shape index (κ3) is 1.19. The van der Waals surface area contributed by atoms with Crippen molar-refractivity contribution in [2.75, 3.05) is 0 Å². The second-order valence-electron chi connectivity index (χ2n) is 2.32. The van der Waals surface area contributed by atoms with Crippen LogP contribution < -0.4 is 0 Å². The fourth-order valence-corrected chi connectivity index (χ4v) is 0.971. The number of hydrogen-bond acceptors (Lipinski definition) is 2. The van der Waals surface area contributed by atoms with E-state index in [9.17, 15) is 0 Å². The highest BCUT2D eigenvalue weighted by Crippen LogP contribution is 2.11. The average Bonchev–Trinajstić information content (AvgIpc) is 1.82. The summed E-state index contributed by atoms with van der Waals surface area (Å²) in [5.41, 5.74) is 1.01. The molecule has 0 spiro atoms. The number of hydrogen-bond donors (Lipinski definition) is 1. The maximum Gasteiger partial charge on any atom is 0.150 e. The molecule has 0 aromatic carbocycles. The van der Waals surface area contributed by atoms with E-state index in [1.807, 2.05) is 20.2 Å². The smallest absolute Gasteiger partial charge is 0.150 e. The van der Waals surface area contributed by atoms with Crippen molar-refractivity contribution in [1.82, 2.24) is 4.57 Å². The van der Waals surface area contributed by atoms with Crippen molar-refractivity contribution >= 4 is 12.2 Å². The summed E-state index contributed by atoms with van der Waals surface area (Å²) in [5, 5.41) is 9.16. The van der Waals surface area contributed by atoms with Gasteiger partial charge in [-0.05, 0) is 18.6 Å². The summed E-state index contributed by atoms with van der Waals surface area (Å²) in [4.78, 5) is 0. The maximum atomic E-state index is 9.16. The molecule has 1 aromatic heterocycles. The Hall–Kier alpha value is -0.830. The Labute approximate surface area is 64.7 Å². The van der Waals surface area contributed by atoms with Gasteiger partial charge < -0.3 is 9.67 Å². The lowest BCUT2D eigenvalue weighted by atomic mass is 10.3. The molecule has 3 heteroatoms. The van der Waals surface area contributed by atoms with E-state index in [4.69, 9.17) is 17.3 Å². The van der Waals surface area contributed by atoms with Crippen LogP contribution in [-0.2, 0) is 7.05 Å². The van der Waals surface area contributed by atoms with Crippen molar-refractivity contribution in [3.63, 3.8) is 0 Å². The van der Waals surface area contributed by atoms with E-state index in [2.05, 4.69) is 0 Å². The lowest BCUT2D eigenvalue weighted by molar-refractivity contribution is 0.465. The topological polar surface area (TPSA) is 25.2 Å². The zero-order valence-electron chi connectivity index (χ0n) is 5.96. The summed E-state index contributed by atoms with van der Waals surface area (Å²) in [7, 11) is 1.81. The van der Waals surface area contributed by atoms with E-state index in [0.29, 0.717) is 4.64 Å². The number of nitrogens with zero attached hydrogens (tertiary/aromatic N) is 1. The Morgan fingerprint density at radius 1 is 1.60 bits per heavy atom. The molecule has 0 bridgehead atoms. The molecular formula is C7H9NOS. The van der Waals surface area contributed by atoms with Gasteiger partial charge in [-0.1, -0.05) is 12.2 Å². The Morgan fingerprint density at radius 2 is 2.20 bits per heavy atom. The quantitative estimate of drug-likeness (QED) is 0.577. The van der Waals surface area contributed by atoms with E-state index in [1.165, 1.54) is 0 Å². The SMILES string of the molecule is Cc1cc(O)c(=S)n(C)c1. The molecule has 0 amide bonds. The number of rotatable bonds is 0. The van der Waals surface area contributed by atoms with Gasteiger partial charge in [-0.15, -0.1) is 0 Å². The molecule has 1 heterocycles. The standard InChI is InChI=1S/C7H9NOS/c1-5-3-6(9)7(10)8(2)4-5/h3-4,9H,1-2H3. The van der Waals surface area contributed by atoms with Crippen molar-refractivity contribution in [1.29, 1.82) is 0 Å². The van der Waals surface area contributed by atoms with Crippen molar-refractivity contribution in [2.24, 2.45) is 7.05 Å². The first-order valence-corrected chi connectivity index (χ1v) is 3.38. The van der Waals surface area contributed by atoms with Gasteiger partial charge in [0.2, 0.25) is 0 Å². The summed E-state index contributed by atoms with van der Waals surface area (Å²) in [6.45, 7) is 1.91. The summed E-state index contributed by atoms with van der Waals surface area (Å²) >= 11 is 4.87. The Balaban J connectivity index is 3.46. The second kappa shape index (κ2) is 2.42. The van der Waals surface area contributed by atoms with Gasteiger partial charge in [0.1, 0.15) is 4.64 Å². The molecular weight excluding hydrogens is 146 g/mol.